The zero-order chi connectivity index (χ0) is 19.7. The highest BCUT2D eigenvalue weighted by molar-refractivity contribution is 5.86. The van der Waals surface area contributed by atoms with Gasteiger partial charge in [0.25, 0.3) is 5.91 Å². The maximum Gasteiger partial charge on any atom is 0.343 e. The summed E-state index contributed by atoms with van der Waals surface area (Å²) in [5.74, 6) is 0.146. The van der Waals surface area contributed by atoms with Crippen molar-refractivity contribution in [2.75, 3.05) is 13.2 Å². The Kier molecular flexibility index (Phi) is 4.95. The fourth-order valence-electron chi connectivity index (χ4n) is 3.52. The van der Waals surface area contributed by atoms with E-state index in [9.17, 15) is 14.4 Å². The van der Waals surface area contributed by atoms with Crippen molar-refractivity contribution in [2.45, 2.75) is 37.5 Å². The van der Waals surface area contributed by atoms with Gasteiger partial charge in [-0.15, -0.1) is 0 Å². The van der Waals surface area contributed by atoms with Gasteiger partial charge in [-0.3, -0.25) is 19.1 Å². The average molecular weight is 386 g/mol. The third kappa shape index (κ3) is 3.55. The Hall–Kier alpha value is -3.01. The fourth-order valence-corrected chi connectivity index (χ4v) is 3.52. The van der Waals surface area contributed by atoms with Crippen molar-refractivity contribution in [1.29, 1.82) is 0 Å². The molecule has 2 atom stereocenters. The summed E-state index contributed by atoms with van der Waals surface area (Å²) in [7, 11) is 1.62. The van der Waals surface area contributed by atoms with E-state index in [2.05, 4.69) is 20.5 Å². The molecule has 10 nitrogen and oxygen atoms in total. The van der Waals surface area contributed by atoms with Crippen molar-refractivity contribution in [2.24, 2.45) is 7.05 Å². The quantitative estimate of drug-likeness (QED) is 0.677. The third-order valence-electron chi connectivity index (χ3n) is 5.11. The van der Waals surface area contributed by atoms with Crippen LogP contribution in [0.1, 0.15) is 30.3 Å². The minimum absolute atomic E-state index is 0.105. The number of carbonyl (C=O) groups excluding carboxylic acids is 2. The molecule has 0 aromatic carbocycles. The van der Waals surface area contributed by atoms with Gasteiger partial charge in [0.1, 0.15) is 12.4 Å². The summed E-state index contributed by atoms with van der Waals surface area (Å²) in [4.78, 5) is 42.7. The number of ether oxygens (including phenoxy) is 1. The Labute approximate surface area is 160 Å². The molecule has 148 valence electrons. The topological polar surface area (TPSA) is 122 Å². The lowest BCUT2D eigenvalue weighted by Crippen LogP contribution is -2.55. The standard InChI is InChI=1S/C18H22N6O4/c1-23-13(21-22-18(23)27)6-8-20-17(26)16-15(11-3-2-7-19-9-11)24(12-4-5-12)14(25)10-28-16/h2-3,7,9,12,15-16H,4-6,8,10H2,1H3,(H,20,26)(H,22,27)/t15-,16+/m1/s1. The predicted molar refractivity (Wildman–Crippen MR) is 97.1 cm³/mol. The molecular weight excluding hydrogens is 364 g/mol. The third-order valence-corrected chi connectivity index (χ3v) is 5.11. The summed E-state index contributed by atoms with van der Waals surface area (Å²) in [6.45, 7) is 0.188. The molecule has 2 aromatic rings. The number of aromatic nitrogens is 4. The monoisotopic (exact) mass is 386 g/mol. The van der Waals surface area contributed by atoms with Crippen LogP contribution >= 0.6 is 0 Å². The van der Waals surface area contributed by atoms with Crippen LogP contribution in [0.15, 0.2) is 29.3 Å². The second-order valence-electron chi connectivity index (χ2n) is 7.04. The number of hydrogen-bond acceptors (Lipinski definition) is 6. The van der Waals surface area contributed by atoms with E-state index >= 15 is 0 Å². The van der Waals surface area contributed by atoms with Gasteiger partial charge >= 0.3 is 5.69 Å². The summed E-state index contributed by atoms with van der Waals surface area (Å²) < 4.78 is 7.05. The predicted octanol–water partition coefficient (Wildman–Crippen LogP) is -0.707. The minimum atomic E-state index is -0.814. The van der Waals surface area contributed by atoms with E-state index in [4.69, 9.17) is 4.74 Å². The number of pyridine rings is 1. The summed E-state index contributed by atoms with van der Waals surface area (Å²) in [5, 5.41) is 9.13. The Morgan fingerprint density at radius 2 is 2.21 bits per heavy atom. The second-order valence-corrected chi connectivity index (χ2v) is 7.04. The van der Waals surface area contributed by atoms with Crippen LogP contribution in [-0.2, 0) is 27.8 Å². The molecule has 1 aliphatic carbocycles. The van der Waals surface area contributed by atoms with E-state index in [1.165, 1.54) is 4.57 Å². The van der Waals surface area contributed by atoms with Gasteiger partial charge in [0, 0.05) is 38.4 Å². The molecule has 2 amide bonds. The van der Waals surface area contributed by atoms with Gasteiger partial charge in [-0.25, -0.2) is 9.89 Å². The van der Waals surface area contributed by atoms with E-state index < -0.39 is 12.1 Å². The number of amides is 2. The van der Waals surface area contributed by atoms with Crippen molar-refractivity contribution in [3.63, 3.8) is 0 Å². The zero-order valence-electron chi connectivity index (χ0n) is 15.5. The SMILES string of the molecule is Cn1c(CCNC(=O)[C@H]2OCC(=O)N(C3CC3)[C@@H]2c2cccnc2)n[nH]c1=O. The van der Waals surface area contributed by atoms with Crippen LogP contribution in [-0.4, -0.2) is 61.8 Å². The number of hydrogen-bond donors (Lipinski definition) is 2. The maximum absolute atomic E-state index is 12.9. The number of rotatable bonds is 6. The van der Waals surface area contributed by atoms with Crippen molar-refractivity contribution in [1.82, 2.24) is 30.0 Å². The number of carbonyl (C=O) groups is 2. The maximum atomic E-state index is 12.9. The molecule has 10 heteroatoms. The molecule has 2 aliphatic rings. The lowest BCUT2D eigenvalue weighted by Gasteiger charge is -2.40. The molecule has 1 aliphatic heterocycles. The first-order valence-corrected chi connectivity index (χ1v) is 9.27. The van der Waals surface area contributed by atoms with Gasteiger partial charge in [-0.2, -0.15) is 5.10 Å². The molecule has 1 saturated carbocycles. The Bertz CT molecular complexity index is 920. The lowest BCUT2D eigenvalue weighted by molar-refractivity contribution is -0.165. The highest BCUT2D eigenvalue weighted by Gasteiger charge is 2.47. The summed E-state index contributed by atoms with van der Waals surface area (Å²) in [6.07, 6.45) is 4.78. The number of morpholine rings is 1. The number of aromatic amines is 1. The summed E-state index contributed by atoms with van der Waals surface area (Å²) >= 11 is 0. The first-order valence-electron chi connectivity index (χ1n) is 9.27. The Balaban J connectivity index is 1.49. The first kappa shape index (κ1) is 18.4. The molecule has 4 rings (SSSR count). The molecule has 3 heterocycles. The van der Waals surface area contributed by atoms with E-state index in [0.29, 0.717) is 18.8 Å². The van der Waals surface area contributed by atoms with Crippen LogP contribution in [0, 0.1) is 0 Å². The number of nitrogens with zero attached hydrogens (tertiary/aromatic N) is 4. The molecule has 0 bridgehead atoms. The Morgan fingerprint density at radius 1 is 1.39 bits per heavy atom. The van der Waals surface area contributed by atoms with Gasteiger partial charge in [-0.05, 0) is 24.5 Å². The highest BCUT2D eigenvalue weighted by atomic mass is 16.5. The molecule has 2 fully saturated rings. The molecule has 2 aromatic heterocycles. The van der Waals surface area contributed by atoms with Crippen LogP contribution < -0.4 is 11.0 Å². The molecule has 0 unspecified atom stereocenters. The molecular formula is C18H22N6O4. The van der Waals surface area contributed by atoms with Gasteiger partial charge in [0.2, 0.25) is 5.91 Å². The highest BCUT2D eigenvalue weighted by Crippen LogP contribution is 2.39. The van der Waals surface area contributed by atoms with Crippen LogP contribution in [0.5, 0.6) is 0 Å². The average Bonchev–Trinajstić information content (AvgIpc) is 3.50. The van der Waals surface area contributed by atoms with E-state index in [0.717, 1.165) is 18.4 Å². The summed E-state index contributed by atoms with van der Waals surface area (Å²) in [5.41, 5.74) is 0.476. The van der Waals surface area contributed by atoms with Crippen LogP contribution in [0.2, 0.25) is 0 Å². The van der Waals surface area contributed by atoms with Gasteiger partial charge < -0.3 is 15.0 Å². The molecule has 0 radical (unpaired) electrons. The van der Waals surface area contributed by atoms with E-state index in [1.807, 2.05) is 6.07 Å². The van der Waals surface area contributed by atoms with Gasteiger partial charge in [-0.1, -0.05) is 6.07 Å². The number of nitrogens with one attached hydrogen (secondary N) is 2. The van der Waals surface area contributed by atoms with Crippen LogP contribution in [0.3, 0.4) is 0 Å². The fraction of sp³-hybridized carbons (Fsp3) is 0.500. The van der Waals surface area contributed by atoms with Crippen molar-refractivity contribution < 1.29 is 14.3 Å². The molecule has 2 N–H and O–H groups in total. The van der Waals surface area contributed by atoms with Gasteiger partial charge in [0.15, 0.2) is 6.10 Å². The van der Waals surface area contributed by atoms with E-state index in [1.54, 1.807) is 30.4 Å². The molecule has 1 saturated heterocycles. The summed E-state index contributed by atoms with van der Waals surface area (Å²) in [6, 6.07) is 3.29. The van der Waals surface area contributed by atoms with Crippen LogP contribution in [0.4, 0.5) is 0 Å². The molecule has 28 heavy (non-hydrogen) atoms. The molecule has 0 spiro atoms. The van der Waals surface area contributed by atoms with E-state index in [-0.39, 0.29) is 30.2 Å². The number of H-pyrrole nitrogens is 1. The van der Waals surface area contributed by atoms with Crippen molar-refractivity contribution in [3.05, 3.63) is 46.4 Å². The van der Waals surface area contributed by atoms with Crippen molar-refractivity contribution >= 4 is 11.8 Å². The van der Waals surface area contributed by atoms with Crippen molar-refractivity contribution in [3.8, 4) is 0 Å². The smallest absolute Gasteiger partial charge is 0.343 e. The largest absolute Gasteiger partial charge is 0.356 e. The first-order chi connectivity index (χ1) is 13.6. The Morgan fingerprint density at radius 3 is 2.86 bits per heavy atom. The normalized spacial score (nSPS) is 22.3. The van der Waals surface area contributed by atoms with Crippen LogP contribution in [0.25, 0.3) is 0 Å². The minimum Gasteiger partial charge on any atom is -0.356 e. The lowest BCUT2D eigenvalue weighted by atomic mass is 9.98. The second kappa shape index (κ2) is 7.55. The van der Waals surface area contributed by atoms with Gasteiger partial charge in [0.05, 0.1) is 6.04 Å². The zero-order valence-corrected chi connectivity index (χ0v) is 15.5.